The van der Waals surface area contributed by atoms with Crippen LogP contribution in [-0.2, 0) is 0 Å². The van der Waals surface area contributed by atoms with Crippen LogP contribution in [0.5, 0.6) is 11.5 Å². The van der Waals surface area contributed by atoms with Gasteiger partial charge in [-0.3, -0.25) is 4.79 Å². The Morgan fingerprint density at radius 1 is 1.07 bits per heavy atom. The second-order valence-corrected chi connectivity index (χ2v) is 7.19. The molecule has 2 heterocycles. The molecular weight excluding hydrogens is 454 g/mol. The van der Waals surface area contributed by atoms with Gasteiger partial charge in [0.2, 0.25) is 0 Å². The Labute approximate surface area is 178 Å². The molecule has 0 aliphatic heterocycles. The molecule has 0 radical (unpaired) electrons. The first-order valence-corrected chi connectivity index (χ1v) is 9.53. The summed E-state index contributed by atoms with van der Waals surface area (Å²) in [6, 6.07) is 12.2. The van der Waals surface area contributed by atoms with Gasteiger partial charge in [-0.05, 0) is 24.3 Å². The Morgan fingerprint density at radius 3 is 2.40 bits per heavy atom. The summed E-state index contributed by atoms with van der Waals surface area (Å²) < 4.78 is 12.8. The number of aromatic nitrogens is 4. The number of nitrogens with one attached hydrogen (secondary N) is 1. The molecule has 10 heteroatoms. The van der Waals surface area contributed by atoms with Crippen molar-refractivity contribution in [3.05, 3.63) is 63.1 Å². The van der Waals surface area contributed by atoms with Crippen LogP contribution in [0.2, 0.25) is 0 Å². The maximum absolute atomic E-state index is 12.8. The van der Waals surface area contributed by atoms with Gasteiger partial charge in [0.05, 0.1) is 19.9 Å². The molecule has 0 aliphatic rings. The lowest BCUT2D eigenvalue weighted by molar-refractivity contribution is 0.0997. The third-order valence-electron chi connectivity index (χ3n) is 4.50. The Morgan fingerprint density at radius 2 is 1.77 bits per heavy atom. The van der Waals surface area contributed by atoms with Gasteiger partial charge in [-0.2, -0.15) is 0 Å². The highest BCUT2D eigenvalue weighted by Gasteiger charge is 2.21. The van der Waals surface area contributed by atoms with E-state index in [4.69, 9.17) is 15.2 Å². The smallest absolute Gasteiger partial charge is 0.332 e. The Hall–Kier alpha value is -3.66. The minimum atomic E-state index is -0.776. The zero-order valence-electron chi connectivity index (χ0n) is 16.0. The molecule has 30 heavy (non-hydrogen) atoms. The number of methoxy groups -OCH3 is 2. The van der Waals surface area contributed by atoms with E-state index in [1.807, 2.05) is 12.1 Å². The predicted octanol–water partition coefficient (Wildman–Crippen LogP) is 2.65. The van der Waals surface area contributed by atoms with Crippen molar-refractivity contribution < 1.29 is 14.3 Å². The summed E-state index contributed by atoms with van der Waals surface area (Å²) in [6.07, 6.45) is 0. The standard InChI is InChI=1S/C20H16BrN5O4/c1-29-13-8-7-12(9-14(13)30-2)26-19-16(24-20(26)28)15(17(22)27)23-18(25-19)10-3-5-11(21)6-4-10/h3-9H,1-2H3,(H2,22,27)(H,24,28). The number of imidazole rings is 1. The summed E-state index contributed by atoms with van der Waals surface area (Å²) in [5.41, 5.74) is 6.46. The van der Waals surface area contributed by atoms with Gasteiger partial charge in [-0.1, -0.05) is 28.1 Å². The van der Waals surface area contributed by atoms with Crippen LogP contribution in [0.15, 0.2) is 51.7 Å². The van der Waals surface area contributed by atoms with Gasteiger partial charge < -0.3 is 20.2 Å². The molecule has 9 nitrogen and oxygen atoms in total. The minimum absolute atomic E-state index is 0.0748. The molecule has 4 aromatic rings. The van der Waals surface area contributed by atoms with Crippen LogP contribution in [0, 0.1) is 0 Å². The van der Waals surface area contributed by atoms with Crippen LogP contribution in [0.4, 0.5) is 0 Å². The number of hydrogen-bond donors (Lipinski definition) is 2. The van der Waals surface area contributed by atoms with Gasteiger partial charge in [-0.25, -0.2) is 19.3 Å². The highest BCUT2D eigenvalue weighted by atomic mass is 79.9. The first-order valence-electron chi connectivity index (χ1n) is 8.74. The fraction of sp³-hybridized carbons (Fsp3) is 0.100. The Balaban J connectivity index is 2.02. The lowest BCUT2D eigenvalue weighted by Crippen LogP contribution is -2.15. The predicted molar refractivity (Wildman–Crippen MR) is 114 cm³/mol. The summed E-state index contributed by atoms with van der Waals surface area (Å²) in [5.74, 6) is 0.434. The molecule has 0 saturated carbocycles. The maximum atomic E-state index is 12.8. The number of primary amides is 1. The van der Waals surface area contributed by atoms with E-state index >= 15 is 0 Å². The molecule has 0 unspecified atom stereocenters. The maximum Gasteiger partial charge on any atom is 0.332 e. The van der Waals surface area contributed by atoms with Gasteiger partial charge >= 0.3 is 5.69 Å². The van der Waals surface area contributed by atoms with Crippen molar-refractivity contribution in [2.45, 2.75) is 0 Å². The zero-order chi connectivity index (χ0) is 21.4. The number of nitrogens with two attached hydrogens (primary N) is 1. The number of H-pyrrole nitrogens is 1. The number of aromatic amines is 1. The molecule has 0 bridgehead atoms. The van der Waals surface area contributed by atoms with Crippen molar-refractivity contribution in [1.82, 2.24) is 19.5 Å². The zero-order valence-corrected chi connectivity index (χ0v) is 17.6. The van der Waals surface area contributed by atoms with Crippen LogP contribution < -0.4 is 20.9 Å². The van der Waals surface area contributed by atoms with E-state index in [-0.39, 0.29) is 22.7 Å². The second kappa shape index (κ2) is 7.64. The molecule has 0 aliphatic carbocycles. The van der Waals surface area contributed by atoms with E-state index in [2.05, 4.69) is 30.9 Å². The number of carbonyl (C=O) groups is 1. The van der Waals surface area contributed by atoms with Gasteiger partial charge in [0.15, 0.2) is 28.7 Å². The summed E-state index contributed by atoms with van der Waals surface area (Å²) in [4.78, 5) is 36.3. The average molecular weight is 470 g/mol. The van der Waals surface area contributed by atoms with Gasteiger partial charge in [-0.15, -0.1) is 0 Å². The molecular formula is C20H16BrN5O4. The number of rotatable bonds is 5. The normalized spacial score (nSPS) is 10.9. The van der Waals surface area contributed by atoms with E-state index in [0.29, 0.717) is 22.7 Å². The number of benzene rings is 2. The van der Waals surface area contributed by atoms with Crippen molar-refractivity contribution in [2.24, 2.45) is 5.73 Å². The first-order chi connectivity index (χ1) is 14.4. The quantitative estimate of drug-likeness (QED) is 0.462. The molecule has 0 fully saturated rings. The van der Waals surface area contributed by atoms with E-state index < -0.39 is 11.6 Å². The van der Waals surface area contributed by atoms with E-state index in [1.165, 1.54) is 18.8 Å². The molecule has 152 valence electrons. The first kappa shape index (κ1) is 19.6. The van der Waals surface area contributed by atoms with Crippen LogP contribution in [-0.4, -0.2) is 39.6 Å². The third kappa shape index (κ3) is 3.30. The molecule has 0 spiro atoms. The second-order valence-electron chi connectivity index (χ2n) is 6.27. The fourth-order valence-electron chi connectivity index (χ4n) is 3.09. The van der Waals surface area contributed by atoms with E-state index in [9.17, 15) is 9.59 Å². The molecule has 3 N–H and O–H groups in total. The molecule has 2 aromatic heterocycles. The van der Waals surface area contributed by atoms with Crippen molar-refractivity contribution >= 4 is 33.0 Å². The van der Waals surface area contributed by atoms with Gasteiger partial charge in [0.25, 0.3) is 5.91 Å². The SMILES string of the molecule is COc1ccc(-n2c(=O)[nH]c3c(C(N)=O)nc(-c4ccc(Br)cc4)nc32)cc1OC. The number of ether oxygens (including phenoxy) is 2. The number of fused-ring (bicyclic) bond motifs is 1. The van der Waals surface area contributed by atoms with E-state index in [0.717, 1.165) is 4.47 Å². The fourth-order valence-corrected chi connectivity index (χ4v) is 3.36. The molecule has 2 aromatic carbocycles. The van der Waals surface area contributed by atoms with Gasteiger partial charge in [0, 0.05) is 16.1 Å². The highest BCUT2D eigenvalue weighted by molar-refractivity contribution is 9.10. The third-order valence-corrected chi connectivity index (χ3v) is 5.03. The van der Waals surface area contributed by atoms with Crippen LogP contribution in [0.3, 0.4) is 0 Å². The number of amides is 1. The molecule has 0 atom stereocenters. The van der Waals surface area contributed by atoms with Gasteiger partial charge in [0.1, 0.15) is 5.52 Å². The van der Waals surface area contributed by atoms with Crippen molar-refractivity contribution in [3.8, 4) is 28.6 Å². The Bertz CT molecular complexity index is 1330. The minimum Gasteiger partial charge on any atom is -0.493 e. The number of hydrogen-bond acceptors (Lipinski definition) is 6. The summed E-state index contributed by atoms with van der Waals surface area (Å²) in [5, 5.41) is 0. The average Bonchev–Trinajstić information content (AvgIpc) is 3.08. The summed E-state index contributed by atoms with van der Waals surface area (Å²) in [6.45, 7) is 0. The number of halogens is 1. The highest BCUT2D eigenvalue weighted by Crippen LogP contribution is 2.30. The lowest BCUT2D eigenvalue weighted by Gasteiger charge is -2.10. The van der Waals surface area contributed by atoms with Crippen molar-refractivity contribution in [1.29, 1.82) is 0 Å². The van der Waals surface area contributed by atoms with Crippen LogP contribution >= 0.6 is 15.9 Å². The topological polar surface area (TPSA) is 125 Å². The van der Waals surface area contributed by atoms with Crippen molar-refractivity contribution in [2.75, 3.05) is 14.2 Å². The monoisotopic (exact) mass is 469 g/mol. The van der Waals surface area contributed by atoms with Crippen LogP contribution in [0.1, 0.15) is 10.5 Å². The van der Waals surface area contributed by atoms with E-state index in [1.54, 1.807) is 30.3 Å². The Kier molecular flexibility index (Phi) is 5.00. The lowest BCUT2D eigenvalue weighted by atomic mass is 10.2. The van der Waals surface area contributed by atoms with Crippen LogP contribution in [0.25, 0.3) is 28.2 Å². The molecule has 4 rings (SSSR count). The van der Waals surface area contributed by atoms with Crippen molar-refractivity contribution in [3.63, 3.8) is 0 Å². The number of carbonyl (C=O) groups excluding carboxylic acids is 1. The summed E-state index contributed by atoms with van der Waals surface area (Å²) >= 11 is 3.38. The number of nitrogens with zero attached hydrogens (tertiary/aromatic N) is 3. The molecule has 0 saturated heterocycles. The summed E-state index contributed by atoms with van der Waals surface area (Å²) in [7, 11) is 3.02. The molecule has 1 amide bonds. The largest absolute Gasteiger partial charge is 0.493 e.